The van der Waals surface area contributed by atoms with Crippen molar-refractivity contribution in [1.82, 2.24) is 4.98 Å². The zero-order valence-corrected chi connectivity index (χ0v) is 13.3. The number of aromatic carboxylic acids is 1. The molecule has 1 fully saturated rings. The highest BCUT2D eigenvalue weighted by atomic mass is 32.1. The second-order valence-electron chi connectivity index (χ2n) is 6.65. The fraction of sp³-hybridized carbons (Fsp3) is 0.412. The van der Waals surface area contributed by atoms with Crippen molar-refractivity contribution in [2.24, 2.45) is 0 Å². The molecule has 0 unspecified atom stereocenters. The Morgan fingerprint density at radius 1 is 1.24 bits per heavy atom. The molecule has 110 valence electrons. The second-order valence-corrected chi connectivity index (χ2v) is 7.65. The van der Waals surface area contributed by atoms with Crippen LogP contribution in [0.5, 0.6) is 0 Å². The first-order valence-corrected chi connectivity index (χ1v) is 8.03. The van der Waals surface area contributed by atoms with Crippen molar-refractivity contribution >= 4 is 17.3 Å². The van der Waals surface area contributed by atoms with E-state index >= 15 is 0 Å². The zero-order valence-electron chi connectivity index (χ0n) is 12.5. The molecule has 0 radical (unpaired) electrons. The van der Waals surface area contributed by atoms with Crippen molar-refractivity contribution in [3.8, 4) is 10.6 Å². The minimum atomic E-state index is -0.890. The van der Waals surface area contributed by atoms with Gasteiger partial charge in [-0.3, -0.25) is 0 Å². The minimum absolute atomic E-state index is 0.267. The molecule has 1 aliphatic carbocycles. The summed E-state index contributed by atoms with van der Waals surface area (Å²) >= 11 is 1.27. The number of carboxylic acid groups (broad SMARTS) is 1. The molecule has 1 N–H and O–H groups in total. The number of carbonyl (C=O) groups is 1. The highest BCUT2D eigenvalue weighted by Gasteiger charge is 2.27. The van der Waals surface area contributed by atoms with Crippen LogP contribution in [0.3, 0.4) is 0 Å². The van der Waals surface area contributed by atoms with Gasteiger partial charge in [0.25, 0.3) is 0 Å². The normalized spacial score (nSPS) is 15.2. The van der Waals surface area contributed by atoms with Gasteiger partial charge >= 0.3 is 5.97 Å². The van der Waals surface area contributed by atoms with E-state index < -0.39 is 5.97 Å². The smallest absolute Gasteiger partial charge is 0.347 e. The maximum Gasteiger partial charge on any atom is 0.347 e. The third-order valence-electron chi connectivity index (χ3n) is 3.74. The monoisotopic (exact) mass is 301 g/mol. The van der Waals surface area contributed by atoms with E-state index in [4.69, 9.17) is 0 Å². The molecule has 2 aromatic rings. The molecule has 4 heteroatoms. The lowest BCUT2D eigenvalue weighted by atomic mass is 9.91. The van der Waals surface area contributed by atoms with Gasteiger partial charge in [0.2, 0.25) is 0 Å². The summed E-state index contributed by atoms with van der Waals surface area (Å²) in [5.74, 6) is -0.159. The van der Waals surface area contributed by atoms with E-state index in [-0.39, 0.29) is 5.41 Å². The molecule has 3 rings (SSSR count). The number of aromatic nitrogens is 1. The Kier molecular flexibility index (Phi) is 3.36. The Labute approximate surface area is 128 Å². The predicted molar refractivity (Wildman–Crippen MR) is 85.2 cm³/mol. The average Bonchev–Trinajstić information content (AvgIpc) is 3.15. The van der Waals surface area contributed by atoms with Crippen LogP contribution in [0.15, 0.2) is 24.3 Å². The van der Waals surface area contributed by atoms with Gasteiger partial charge in [0, 0.05) is 11.0 Å². The van der Waals surface area contributed by atoms with Crippen molar-refractivity contribution in [1.29, 1.82) is 0 Å². The van der Waals surface area contributed by atoms with Crippen LogP contribution in [-0.4, -0.2) is 16.1 Å². The molecule has 1 aliphatic rings. The molecule has 3 nitrogen and oxygen atoms in total. The molecule has 0 bridgehead atoms. The van der Waals surface area contributed by atoms with E-state index in [1.165, 1.54) is 29.7 Å². The lowest BCUT2D eigenvalue weighted by molar-refractivity contribution is 0.0699. The first-order chi connectivity index (χ1) is 9.86. The lowest BCUT2D eigenvalue weighted by Gasteiger charge is -2.16. The van der Waals surface area contributed by atoms with Gasteiger partial charge in [0.05, 0.1) is 5.69 Å². The Hall–Kier alpha value is -1.68. The SMILES string of the molecule is CC(C)(C)c1nc(-c2ccc(C3CC3)cc2)sc1C(=O)O. The van der Waals surface area contributed by atoms with E-state index in [0.29, 0.717) is 10.6 Å². The first-order valence-electron chi connectivity index (χ1n) is 7.21. The summed E-state index contributed by atoms with van der Waals surface area (Å²) in [5, 5.41) is 10.2. The molecular formula is C17H19NO2S. The van der Waals surface area contributed by atoms with Gasteiger partial charge in [0.1, 0.15) is 9.88 Å². The fourth-order valence-electron chi connectivity index (χ4n) is 2.41. The van der Waals surface area contributed by atoms with Crippen LogP contribution in [-0.2, 0) is 5.41 Å². The number of benzene rings is 1. The van der Waals surface area contributed by atoms with E-state index in [0.717, 1.165) is 16.5 Å². The summed E-state index contributed by atoms with van der Waals surface area (Å²) in [6, 6.07) is 8.41. The molecule has 1 aromatic heterocycles. The largest absolute Gasteiger partial charge is 0.477 e. The van der Waals surface area contributed by atoms with Gasteiger partial charge < -0.3 is 5.11 Å². The average molecular weight is 301 g/mol. The van der Waals surface area contributed by atoms with Gasteiger partial charge in [-0.25, -0.2) is 9.78 Å². The molecule has 0 atom stereocenters. The zero-order chi connectivity index (χ0) is 15.2. The molecule has 1 saturated carbocycles. The van der Waals surface area contributed by atoms with E-state index in [2.05, 4.69) is 29.2 Å². The van der Waals surface area contributed by atoms with Crippen molar-refractivity contribution in [2.75, 3.05) is 0 Å². The van der Waals surface area contributed by atoms with Gasteiger partial charge in [-0.05, 0) is 24.3 Å². The number of thiazole rings is 1. The van der Waals surface area contributed by atoms with Gasteiger partial charge in [-0.2, -0.15) is 0 Å². The molecule has 0 saturated heterocycles. The third-order valence-corrected chi connectivity index (χ3v) is 4.83. The molecule has 21 heavy (non-hydrogen) atoms. The summed E-state index contributed by atoms with van der Waals surface area (Å²) in [4.78, 5) is 16.4. The number of hydrogen-bond acceptors (Lipinski definition) is 3. The lowest BCUT2D eigenvalue weighted by Crippen LogP contribution is -2.16. The Bertz CT molecular complexity index is 676. The van der Waals surface area contributed by atoms with Crippen LogP contribution in [0.1, 0.15) is 60.5 Å². The third kappa shape index (κ3) is 2.86. The molecule has 1 aromatic carbocycles. The van der Waals surface area contributed by atoms with Crippen molar-refractivity contribution in [3.05, 3.63) is 40.4 Å². The van der Waals surface area contributed by atoms with Crippen molar-refractivity contribution in [3.63, 3.8) is 0 Å². The predicted octanol–water partition coefficient (Wildman–Crippen LogP) is 4.68. The van der Waals surface area contributed by atoms with Crippen LogP contribution in [0, 0.1) is 0 Å². The van der Waals surface area contributed by atoms with Crippen molar-refractivity contribution < 1.29 is 9.90 Å². The topological polar surface area (TPSA) is 50.2 Å². The Morgan fingerprint density at radius 2 is 1.86 bits per heavy atom. The van der Waals surface area contributed by atoms with Crippen LogP contribution < -0.4 is 0 Å². The fourth-order valence-corrected chi connectivity index (χ4v) is 3.53. The van der Waals surface area contributed by atoms with Crippen molar-refractivity contribution in [2.45, 2.75) is 44.9 Å². The van der Waals surface area contributed by atoms with E-state index in [1.807, 2.05) is 20.8 Å². The Balaban J connectivity index is 2.00. The summed E-state index contributed by atoms with van der Waals surface area (Å²) in [6.45, 7) is 5.98. The number of hydrogen-bond donors (Lipinski definition) is 1. The minimum Gasteiger partial charge on any atom is -0.477 e. The number of carboxylic acids is 1. The van der Waals surface area contributed by atoms with Crippen LogP contribution >= 0.6 is 11.3 Å². The van der Waals surface area contributed by atoms with E-state index in [1.54, 1.807) is 0 Å². The molecule has 1 heterocycles. The van der Waals surface area contributed by atoms with Gasteiger partial charge in [-0.1, -0.05) is 45.0 Å². The van der Waals surface area contributed by atoms with Gasteiger partial charge in [0.15, 0.2) is 0 Å². The van der Waals surface area contributed by atoms with Crippen LogP contribution in [0.25, 0.3) is 10.6 Å². The molecule has 0 aliphatic heterocycles. The molecule has 0 amide bonds. The second kappa shape index (κ2) is 4.95. The van der Waals surface area contributed by atoms with Crippen LogP contribution in [0.4, 0.5) is 0 Å². The maximum atomic E-state index is 11.4. The summed E-state index contributed by atoms with van der Waals surface area (Å²) in [5.41, 5.74) is 2.78. The number of rotatable bonds is 3. The highest BCUT2D eigenvalue weighted by molar-refractivity contribution is 7.17. The molecular weight excluding hydrogens is 282 g/mol. The number of nitrogens with zero attached hydrogens (tertiary/aromatic N) is 1. The van der Waals surface area contributed by atoms with Crippen LogP contribution in [0.2, 0.25) is 0 Å². The summed E-state index contributed by atoms with van der Waals surface area (Å²) < 4.78 is 0. The first kappa shape index (κ1) is 14.3. The van der Waals surface area contributed by atoms with E-state index in [9.17, 15) is 9.90 Å². The maximum absolute atomic E-state index is 11.4. The van der Waals surface area contributed by atoms with Gasteiger partial charge in [-0.15, -0.1) is 11.3 Å². The quantitative estimate of drug-likeness (QED) is 0.895. The summed E-state index contributed by atoms with van der Waals surface area (Å²) in [6.07, 6.45) is 2.57. The molecule has 0 spiro atoms. The highest BCUT2D eigenvalue weighted by Crippen LogP contribution is 2.41. The Morgan fingerprint density at radius 3 is 2.29 bits per heavy atom. The summed E-state index contributed by atoms with van der Waals surface area (Å²) in [7, 11) is 0. The standard InChI is InChI=1S/C17H19NO2S/c1-17(2,3)14-13(16(19)20)21-15(18-14)12-8-6-11(7-9-12)10-4-5-10/h6-10H,4-5H2,1-3H3,(H,19,20).